The predicted molar refractivity (Wildman–Crippen MR) is 79.6 cm³/mol. The van der Waals surface area contributed by atoms with Crippen molar-refractivity contribution >= 4 is 11.8 Å². The molecule has 1 saturated heterocycles. The second-order valence-corrected chi connectivity index (χ2v) is 5.35. The van der Waals surface area contributed by atoms with Crippen molar-refractivity contribution in [3.63, 3.8) is 0 Å². The summed E-state index contributed by atoms with van der Waals surface area (Å²) < 4.78 is 5.39. The third-order valence-corrected chi connectivity index (χ3v) is 3.70. The van der Waals surface area contributed by atoms with Crippen LogP contribution < -0.4 is 5.32 Å². The Hall–Kier alpha value is -1.88. The summed E-state index contributed by atoms with van der Waals surface area (Å²) in [6.07, 6.45) is 1.22. The molecule has 5 heteroatoms. The average molecular weight is 290 g/mol. The van der Waals surface area contributed by atoms with Crippen molar-refractivity contribution in [2.24, 2.45) is 0 Å². The van der Waals surface area contributed by atoms with Crippen molar-refractivity contribution < 1.29 is 14.3 Å². The van der Waals surface area contributed by atoms with Gasteiger partial charge < -0.3 is 15.0 Å². The number of benzene rings is 1. The van der Waals surface area contributed by atoms with E-state index in [1.807, 2.05) is 30.3 Å². The molecule has 0 saturated carbocycles. The standard InChI is InChI=1S/C16H22N2O3/c1-12(19)17-14-9-6-10-18(11-14)16(20)15(21-2)13-7-4-3-5-8-13/h3-5,7-8,14-15H,6,9-11H2,1-2H3,(H,17,19). The highest BCUT2D eigenvalue weighted by atomic mass is 16.5. The van der Waals surface area contributed by atoms with Crippen LogP contribution in [0.3, 0.4) is 0 Å². The number of carbonyl (C=O) groups is 2. The zero-order chi connectivity index (χ0) is 15.2. The van der Waals surface area contributed by atoms with Crippen LogP contribution in [0.5, 0.6) is 0 Å². The maximum atomic E-state index is 12.6. The molecular formula is C16H22N2O3. The van der Waals surface area contributed by atoms with Crippen molar-refractivity contribution in [1.82, 2.24) is 10.2 Å². The van der Waals surface area contributed by atoms with Crippen molar-refractivity contribution in [3.05, 3.63) is 35.9 Å². The first kappa shape index (κ1) is 15.5. The number of ether oxygens (including phenoxy) is 1. The summed E-state index contributed by atoms with van der Waals surface area (Å²) >= 11 is 0. The fourth-order valence-electron chi connectivity index (χ4n) is 2.76. The van der Waals surface area contributed by atoms with E-state index < -0.39 is 6.10 Å². The molecule has 0 spiro atoms. The van der Waals surface area contributed by atoms with E-state index >= 15 is 0 Å². The zero-order valence-corrected chi connectivity index (χ0v) is 12.5. The summed E-state index contributed by atoms with van der Waals surface area (Å²) in [6.45, 7) is 2.76. The first-order valence-electron chi connectivity index (χ1n) is 7.25. The third kappa shape index (κ3) is 4.04. The fraction of sp³-hybridized carbons (Fsp3) is 0.500. The number of likely N-dealkylation sites (tertiary alicyclic amines) is 1. The lowest BCUT2D eigenvalue weighted by atomic mass is 10.0. The minimum absolute atomic E-state index is 0.0356. The van der Waals surface area contributed by atoms with Crippen LogP contribution in [0.1, 0.15) is 31.4 Å². The van der Waals surface area contributed by atoms with Crippen LogP contribution in [-0.4, -0.2) is 43.0 Å². The molecule has 1 aromatic carbocycles. The molecule has 0 bridgehead atoms. The number of methoxy groups -OCH3 is 1. The molecule has 2 atom stereocenters. The van der Waals surface area contributed by atoms with Crippen LogP contribution >= 0.6 is 0 Å². The number of nitrogens with one attached hydrogen (secondary N) is 1. The largest absolute Gasteiger partial charge is 0.367 e. The Kier molecular flexibility index (Phi) is 5.33. The molecule has 1 fully saturated rings. The van der Waals surface area contributed by atoms with Crippen molar-refractivity contribution in [2.45, 2.75) is 31.9 Å². The van der Waals surface area contributed by atoms with Crippen LogP contribution in [0.2, 0.25) is 0 Å². The molecule has 2 amide bonds. The highest BCUT2D eigenvalue weighted by molar-refractivity contribution is 5.82. The molecule has 114 valence electrons. The van der Waals surface area contributed by atoms with E-state index in [1.165, 1.54) is 6.92 Å². The van der Waals surface area contributed by atoms with Gasteiger partial charge in [0.2, 0.25) is 5.91 Å². The Morgan fingerprint density at radius 1 is 1.33 bits per heavy atom. The van der Waals surface area contributed by atoms with Gasteiger partial charge in [0.15, 0.2) is 6.10 Å². The Bertz CT molecular complexity index is 490. The van der Waals surface area contributed by atoms with Crippen molar-refractivity contribution in [1.29, 1.82) is 0 Å². The van der Waals surface area contributed by atoms with Gasteiger partial charge in [-0.3, -0.25) is 9.59 Å². The molecule has 0 aromatic heterocycles. The van der Waals surface area contributed by atoms with Crippen LogP contribution in [0, 0.1) is 0 Å². The minimum Gasteiger partial charge on any atom is -0.367 e. The number of nitrogens with zero attached hydrogens (tertiary/aromatic N) is 1. The average Bonchev–Trinajstić information content (AvgIpc) is 2.48. The van der Waals surface area contributed by atoms with E-state index in [4.69, 9.17) is 4.74 Å². The van der Waals surface area contributed by atoms with E-state index in [9.17, 15) is 9.59 Å². The first-order valence-corrected chi connectivity index (χ1v) is 7.25. The number of amides is 2. The minimum atomic E-state index is -0.581. The number of hydrogen-bond donors (Lipinski definition) is 1. The maximum absolute atomic E-state index is 12.6. The summed E-state index contributed by atoms with van der Waals surface area (Å²) in [6, 6.07) is 9.51. The molecule has 21 heavy (non-hydrogen) atoms. The summed E-state index contributed by atoms with van der Waals surface area (Å²) in [4.78, 5) is 25.6. The SMILES string of the molecule is COC(C(=O)N1CCCC(NC(C)=O)C1)c1ccccc1. The van der Waals surface area contributed by atoms with E-state index in [0.717, 1.165) is 18.4 Å². The molecule has 0 radical (unpaired) electrons. The lowest BCUT2D eigenvalue weighted by molar-refractivity contribution is -0.144. The first-order chi connectivity index (χ1) is 10.1. The number of rotatable bonds is 4. The van der Waals surface area contributed by atoms with Crippen molar-refractivity contribution in [3.8, 4) is 0 Å². The summed E-state index contributed by atoms with van der Waals surface area (Å²) in [5.74, 6) is -0.0978. The molecule has 1 aliphatic heterocycles. The molecular weight excluding hydrogens is 268 g/mol. The molecule has 1 N–H and O–H groups in total. The molecule has 1 heterocycles. The zero-order valence-electron chi connectivity index (χ0n) is 12.5. The number of hydrogen-bond acceptors (Lipinski definition) is 3. The monoisotopic (exact) mass is 290 g/mol. The Morgan fingerprint density at radius 3 is 2.67 bits per heavy atom. The highest BCUT2D eigenvalue weighted by Gasteiger charge is 2.30. The summed E-state index contributed by atoms with van der Waals surface area (Å²) in [5.41, 5.74) is 0.853. The van der Waals surface area contributed by atoms with Gasteiger partial charge in [0.05, 0.1) is 0 Å². The lowest BCUT2D eigenvalue weighted by Gasteiger charge is -2.34. The molecule has 2 unspecified atom stereocenters. The van der Waals surface area contributed by atoms with E-state index in [-0.39, 0.29) is 17.9 Å². The molecule has 2 rings (SSSR count). The van der Waals surface area contributed by atoms with Gasteiger partial charge >= 0.3 is 0 Å². The smallest absolute Gasteiger partial charge is 0.256 e. The van der Waals surface area contributed by atoms with E-state index in [2.05, 4.69) is 5.32 Å². The quantitative estimate of drug-likeness (QED) is 0.914. The van der Waals surface area contributed by atoms with Gasteiger partial charge in [0.25, 0.3) is 5.91 Å². The second-order valence-electron chi connectivity index (χ2n) is 5.35. The predicted octanol–water partition coefficient (Wildman–Crippen LogP) is 1.50. The third-order valence-electron chi connectivity index (χ3n) is 3.70. The highest BCUT2D eigenvalue weighted by Crippen LogP contribution is 2.21. The Morgan fingerprint density at radius 2 is 2.05 bits per heavy atom. The van der Waals surface area contributed by atoms with Gasteiger partial charge in [-0.2, -0.15) is 0 Å². The van der Waals surface area contributed by atoms with Crippen LogP contribution in [0.15, 0.2) is 30.3 Å². The lowest BCUT2D eigenvalue weighted by Crippen LogP contribution is -2.50. The summed E-state index contributed by atoms with van der Waals surface area (Å²) in [5, 5.41) is 2.89. The second kappa shape index (κ2) is 7.22. The molecule has 0 aliphatic carbocycles. The Balaban J connectivity index is 2.05. The van der Waals surface area contributed by atoms with E-state index in [1.54, 1.807) is 12.0 Å². The Labute approximate surface area is 125 Å². The molecule has 1 aromatic rings. The molecule has 5 nitrogen and oxygen atoms in total. The number of carbonyl (C=O) groups excluding carboxylic acids is 2. The summed E-state index contributed by atoms with van der Waals surface area (Å²) in [7, 11) is 1.55. The fourth-order valence-corrected chi connectivity index (χ4v) is 2.76. The van der Waals surface area contributed by atoms with Gasteiger partial charge in [-0.1, -0.05) is 30.3 Å². The van der Waals surface area contributed by atoms with Crippen LogP contribution in [-0.2, 0) is 14.3 Å². The van der Waals surface area contributed by atoms with Gasteiger partial charge in [-0.05, 0) is 18.4 Å². The van der Waals surface area contributed by atoms with Gasteiger partial charge in [0.1, 0.15) is 0 Å². The van der Waals surface area contributed by atoms with Gasteiger partial charge in [0, 0.05) is 33.2 Å². The molecule has 1 aliphatic rings. The van der Waals surface area contributed by atoms with Crippen LogP contribution in [0.4, 0.5) is 0 Å². The topological polar surface area (TPSA) is 58.6 Å². The van der Waals surface area contributed by atoms with Gasteiger partial charge in [-0.25, -0.2) is 0 Å². The van der Waals surface area contributed by atoms with Gasteiger partial charge in [-0.15, -0.1) is 0 Å². The van der Waals surface area contributed by atoms with Crippen molar-refractivity contribution in [2.75, 3.05) is 20.2 Å². The van der Waals surface area contributed by atoms with E-state index in [0.29, 0.717) is 13.1 Å². The normalized spacial score (nSPS) is 19.9. The number of piperidine rings is 1. The van der Waals surface area contributed by atoms with Crippen LogP contribution in [0.25, 0.3) is 0 Å². The maximum Gasteiger partial charge on any atom is 0.256 e.